The molecule has 0 aromatic rings. The molecular weight excluding hydrogens is 132 g/mol. The summed E-state index contributed by atoms with van der Waals surface area (Å²) in [7, 11) is 0. The molecule has 11 heavy (non-hydrogen) atoms. The van der Waals surface area contributed by atoms with Crippen LogP contribution in [0.15, 0.2) is 0 Å². The monoisotopic (exact) mass is 148 g/mol. The zero-order valence-corrected chi connectivity index (χ0v) is 8.08. The van der Waals surface area contributed by atoms with Crippen molar-refractivity contribution < 1.29 is 0 Å². The minimum Gasteiger partial charge on any atom is -0.105 e. The van der Waals surface area contributed by atoms with Crippen LogP contribution >= 0.6 is 0 Å². The maximum Gasteiger partial charge on any atom is 0.0859 e. The molecule has 0 aromatic heterocycles. The quantitative estimate of drug-likeness (QED) is 0.463. The highest BCUT2D eigenvalue weighted by atomic mass is 14.2. The van der Waals surface area contributed by atoms with Crippen LogP contribution in [0.25, 0.3) is 0 Å². The largest absolute Gasteiger partial charge is 0.105 e. The molecule has 0 spiro atoms. The minimum atomic E-state index is 0.173. The van der Waals surface area contributed by atoms with Crippen molar-refractivity contribution in [3.05, 3.63) is 0 Å². The average Bonchev–Trinajstić information content (AvgIpc) is 1.85. The molecule has 0 aliphatic heterocycles. The zero-order valence-electron chi connectivity index (χ0n) is 8.08. The molecule has 0 bridgehead atoms. The van der Waals surface area contributed by atoms with E-state index in [4.69, 9.17) is 0 Å². The first-order valence-corrected chi connectivity index (χ1v) is 3.87. The Morgan fingerprint density at radius 1 is 0.909 bits per heavy atom. The summed E-state index contributed by atoms with van der Waals surface area (Å²) in [6.07, 6.45) is 0. The summed E-state index contributed by atoms with van der Waals surface area (Å²) >= 11 is 0. The molecule has 0 aliphatic carbocycles. The van der Waals surface area contributed by atoms with Gasteiger partial charge in [0.15, 0.2) is 0 Å². The molecule has 0 unspecified atom stereocenters. The van der Waals surface area contributed by atoms with Crippen LogP contribution in [0.1, 0.15) is 34.6 Å². The Balaban J connectivity index is 4.53. The zero-order chi connectivity index (χ0) is 8.91. The van der Waals surface area contributed by atoms with Crippen LogP contribution in [0.5, 0.6) is 0 Å². The molecule has 0 radical (unpaired) electrons. The van der Waals surface area contributed by atoms with E-state index >= 15 is 0 Å². The van der Waals surface area contributed by atoms with Gasteiger partial charge in [-0.15, -0.1) is 11.8 Å². The van der Waals surface area contributed by atoms with E-state index < -0.39 is 0 Å². The van der Waals surface area contributed by atoms with Crippen molar-refractivity contribution in [3.63, 3.8) is 0 Å². The molecule has 0 atom stereocenters. The Kier molecular flexibility index (Phi) is 3.77. The third kappa shape index (κ3) is 3.74. The molecule has 0 amide bonds. The summed E-state index contributed by atoms with van der Waals surface area (Å²) in [4.78, 5) is 0. The van der Waals surface area contributed by atoms with Crippen LogP contribution in [0.2, 0.25) is 0 Å². The van der Waals surface area contributed by atoms with E-state index in [1.807, 2.05) is 13.8 Å². The van der Waals surface area contributed by atoms with Crippen molar-refractivity contribution in [2.45, 2.75) is 34.6 Å². The van der Waals surface area contributed by atoms with Crippen LogP contribution in [0.3, 0.4) is 0 Å². The lowest BCUT2D eigenvalue weighted by Crippen LogP contribution is -2.16. The summed E-state index contributed by atoms with van der Waals surface area (Å²) in [5, 5.41) is 0. The molecular formula is C11H16. The number of hydrogen-bond acceptors (Lipinski definition) is 0. The van der Waals surface area contributed by atoms with Gasteiger partial charge in [-0.25, -0.2) is 0 Å². The Morgan fingerprint density at radius 3 is 1.45 bits per heavy atom. The van der Waals surface area contributed by atoms with E-state index in [-0.39, 0.29) is 11.3 Å². The molecule has 0 fully saturated rings. The molecule has 0 aliphatic rings. The average molecular weight is 148 g/mol. The lowest BCUT2D eigenvalue weighted by Gasteiger charge is -2.21. The maximum absolute atomic E-state index is 3.10. The van der Waals surface area contributed by atoms with Crippen LogP contribution in [-0.4, -0.2) is 0 Å². The lowest BCUT2D eigenvalue weighted by molar-refractivity contribution is 0.362. The summed E-state index contributed by atoms with van der Waals surface area (Å²) < 4.78 is 0. The first-order chi connectivity index (χ1) is 5.02. The fraction of sp³-hybridized carbons (Fsp3) is 0.636. The van der Waals surface area contributed by atoms with Crippen molar-refractivity contribution in [1.82, 2.24) is 0 Å². The minimum absolute atomic E-state index is 0.173. The van der Waals surface area contributed by atoms with Gasteiger partial charge < -0.3 is 0 Å². The third-order valence-electron chi connectivity index (χ3n) is 1.44. The van der Waals surface area contributed by atoms with Gasteiger partial charge in [0.05, 0.1) is 5.92 Å². The van der Waals surface area contributed by atoms with E-state index in [0.29, 0.717) is 0 Å². The van der Waals surface area contributed by atoms with Gasteiger partial charge in [-0.2, -0.15) is 0 Å². The standard InChI is InChI=1S/C11H16/c1-6-8-10(9-7-2)11(3,4)5/h10H,1-5H3. The van der Waals surface area contributed by atoms with Crippen molar-refractivity contribution >= 4 is 0 Å². The third-order valence-corrected chi connectivity index (χ3v) is 1.44. The van der Waals surface area contributed by atoms with E-state index in [0.717, 1.165) is 0 Å². The fourth-order valence-corrected chi connectivity index (χ4v) is 0.758. The van der Waals surface area contributed by atoms with Crippen LogP contribution in [0.4, 0.5) is 0 Å². The Labute approximate surface area is 70.4 Å². The fourth-order valence-electron chi connectivity index (χ4n) is 0.758. The van der Waals surface area contributed by atoms with E-state index in [1.54, 1.807) is 0 Å². The molecule has 60 valence electrons. The van der Waals surface area contributed by atoms with Gasteiger partial charge in [0, 0.05) is 0 Å². The molecule has 0 heterocycles. The van der Waals surface area contributed by atoms with E-state index in [1.165, 1.54) is 0 Å². The molecule has 0 heteroatoms. The predicted octanol–water partition coefficient (Wildman–Crippen LogP) is 2.70. The van der Waals surface area contributed by atoms with Gasteiger partial charge in [-0.1, -0.05) is 32.6 Å². The van der Waals surface area contributed by atoms with E-state index in [9.17, 15) is 0 Å². The highest BCUT2D eigenvalue weighted by Crippen LogP contribution is 2.24. The molecule has 0 N–H and O–H groups in total. The van der Waals surface area contributed by atoms with Crippen LogP contribution in [-0.2, 0) is 0 Å². The van der Waals surface area contributed by atoms with Gasteiger partial charge in [0.2, 0.25) is 0 Å². The SMILES string of the molecule is CC#CC(C#CC)C(C)(C)C. The summed E-state index contributed by atoms with van der Waals surface area (Å²) in [6, 6.07) is 0. The highest BCUT2D eigenvalue weighted by Gasteiger charge is 2.19. The molecule has 0 saturated carbocycles. The number of rotatable bonds is 0. The van der Waals surface area contributed by atoms with Crippen LogP contribution < -0.4 is 0 Å². The van der Waals surface area contributed by atoms with Gasteiger partial charge in [-0.05, 0) is 19.3 Å². The molecule has 0 rings (SSSR count). The molecule has 0 saturated heterocycles. The summed E-state index contributed by atoms with van der Waals surface area (Å²) in [5.74, 6) is 12.2. The van der Waals surface area contributed by atoms with Gasteiger partial charge in [0.25, 0.3) is 0 Å². The van der Waals surface area contributed by atoms with Crippen molar-refractivity contribution in [2.75, 3.05) is 0 Å². The van der Waals surface area contributed by atoms with E-state index in [2.05, 4.69) is 44.5 Å². The summed E-state index contributed by atoms with van der Waals surface area (Å²) in [5.41, 5.74) is 0.173. The lowest BCUT2D eigenvalue weighted by atomic mass is 9.81. The smallest absolute Gasteiger partial charge is 0.0859 e. The van der Waals surface area contributed by atoms with Crippen molar-refractivity contribution in [2.24, 2.45) is 11.3 Å². The van der Waals surface area contributed by atoms with Crippen molar-refractivity contribution in [1.29, 1.82) is 0 Å². The molecule has 0 nitrogen and oxygen atoms in total. The highest BCUT2D eigenvalue weighted by molar-refractivity contribution is 5.19. The normalized spacial score (nSPS) is 9.64. The van der Waals surface area contributed by atoms with Gasteiger partial charge in [0.1, 0.15) is 0 Å². The second-order valence-electron chi connectivity index (χ2n) is 3.59. The second-order valence-corrected chi connectivity index (χ2v) is 3.59. The number of hydrogen-bond donors (Lipinski definition) is 0. The Morgan fingerprint density at radius 2 is 1.27 bits per heavy atom. The van der Waals surface area contributed by atoms with Gasteiger partial charge >= 0.3 is 0 Å². The Hall–Kier alpha value is -0.880. The van der Waals surface area contributed by atoms with Crippen molar-refractivity contribution in [3.8, 4) is 23.7 Å². The van der Waals surface area contributed by atoms with Crippen LogP contribution in [0, 0.1) is 35.0 Å². The second kappa shape index (κ2) is 4.09. The Bertz CT molecular complexity index is 199. The van der Waals surface area contributed by atoms with Gasteiger partial charge in [-0.3, -0.25) is 0 Å². The summed E-state index contributed by atoms with van der Waals surface area (Å²) in [6.45, 7) is 10.2. The first-order valence-electron chi connectivity index (χ1n) is 3.87. The molecule has 0 aromatic carbocycles. The topological polar surface area (TPSA) is 0 Å². The first kappa shape index (κ1) is 10.1. The maximum atomic E-state index is 3.10. The predicted molar refractivity (Wildman–Crippen MR) is 49.8 cm³/mol.